The Morgan fingerprint density at radius 1 is 1.00 bits per heavy atom. The maximum absolute atomic E-state index is 13.1. The molecule has 0 unspecified atom stereocenters. The molecule has 13 heavy (non-hydrogen) atoms. The fourth-order valence-corrected chi connectivity index (χ4v) is 1.07. The third-order valence-electron chi connectivity index (χ3n) is 1.68. The standard InChI is InChI=1S/C10H13F.C2H6/c1-10(2,3)8-6-4-5-7-9(8)11;1-2/h4-7H,1-3H3;1-2H3. The topological polar surface area (TPSA) is 0 Å². The fraction of sp³-hybridized carbons (Fsp3) is 0.500. The Balaban J connectivity index is 0.000000671. The van der Waals surface area contributed by atoms with Gasteiger partial charge in [0.2, 0.25) is 0 Å². The first-order chi connectivity index (χ1) is 6.02. The van der Waals surface area contributed by atoms with Crippen molar-refractivity contribution in [1.29, 1.82) is 0 Å². The Labute approximate surface area is 80.8 Å². The minimum atomic E-state index is -0.111. The molecule has 0 saturated carbocycles. The lowest BCUT2D eigenvalue weighted by molar-refractivity contribution is 0.523. The zero-order chi connectivity index (χ0) is 10.5. The number of benzene rings is 1. The molecule has 0 amide bonds. The van der Waals surface area contributed by atoms with Crippen LogP contribution in [0.1, 0.15) is 40.2 Å². The average molecular weight is 182 g/mol. The van der Waals surface area contributed by atoms with Crippen LogP contribution in [0.25, 0.3) is 0 Å². The minimum absolute atomic E-state index is 0.0919. The molecule has 1 aromatic rings. The van der Waals surface area contributed by atoms with Gasteiger partial charge in [-0.3, -0.25) is 0 Å². The normalized spacial score (nSPS) is 10.3. The Kier molecular flexibility index (Phi) is 4.68. The van der Waals surface area contributed by atoms with E-state index in [1.807, 2.05) is 46.8 Å². The highest BCUT2D eigenvalue weighted by atomic mass is 19.1. The van der Waals surface area contributed by atoms with Crippen molar-refractivity contribution in [3.63, 3.8) is 0 Å². The van der Waals surface area contributed by atoms with Crippen LogP contribution in [0.2, 0.25) is 0 Å². The maximum Gasteiger partial charge on any atom is 0.126 e. The molecule has 0 saturated heterocycles. The monoisotopic (exact) mass is 182 g/mol. The fourth-order valence-electron chi connectivity index (χ4n) is 1.07. The first kappa shape index (κ1) is 12.2. The van der Waals surface area contributed by atoms with E-state index in [1.165, 1.54) is 6.07 Å². The summed E-state index contributed by atoms with van der Waals surface area (Å²) >= 11 is 0. The molecular weight excluding hydrogens is 163 g/mol. The van der Waals surface area contributed by atoms with Gasteiger partial charge < -0.3 is 0 Å². The maximum atomic E-state index is 13.1. The highest BCUT2D eigenvalue weighted by Gasteiger charge is 2.16. The van der Waals surface area contributed by atoms with Gasteiger partial charge in [0, 0.05) is 0 Å². The molecule has 0 heterocycles. The molecule has 0 fully saturated rings. The zero-order valence-corrected chi connectivity index (χ0v) is 9.19. The molecular formula is C12H19F. The van der Waals surface area contributed by atoms with Crippen LogP contribution < -0.4 is 0 Å². The molecule has 74 valence electrons. The second kappa shape index (κ2) is 5.00. The van der Waals surface area contributed by atoms with Crippen molar-refractivity contribution >= 4 is 0 Å². The quantitative estimate of drug-likeness (QED) is 0.565. The van der Waals surface area contributed by atoms with Crippen LogP contribution >= 0.6 is 0 Å². The first-order valence-electron chi connectivity index (χ1n) is 4.77. The lowest BCUT2D eigenvalue weighted by Crippen LogP contribution is -2.12. The third kappa shape index (κ3) is 3.58. The predicted molar refractivity (Wildman–Crippen MR) is 56.4 cm³/mol. The number of hydrogen-bond acceptors (Lipinski definition) is 0. The van der Waals surface area contributed by atoms with E-state index in [0.717, 1.165) is 5.56 Å². The van der Waals surface area contributed by atoms with Crippen LogP contribution in [0, 0.1) is 5.82 Å². The van der Waals surface area contributed by atoms with Crippen molar-refractivity contribution < 1.29 is 4.39 Å². The van der Waals surface area contributed by atoms with Gasteiger partial charge in [-0.2, -0.15) is 0 Å². The van der Waals surface area contributed by atoms with Crippen LogP contribution in [0.5, 0.6) is 0 Å². The van der Waals surface area contributed by atoms with Gasteiger partial charge in [-0.1, -0.05) is 52.8 Å². The van der Waals surface area contributed by atoms with E-state index in [0.29, 0.717) is 0 Å². The Bertz CT molecular complexity index is 246. The minimum Gasteiger partial charge on any atom is -0.207 e. The molecule has 0 nitrogen and oxygen atoms in total. The molecule has 0 aliphatic rings. The van der Waals surface area contributed by atoms with Gasteiger partial charge in [-0.25, -0.2) is 4.39 Å². The summed E-state index contributed by atoms with van der Waals surface area (Å²) in [5, 5.41) is 0. The largest absolute Gasteiger partial charge is 0.207 e. The van der Waals surface area contributed by atoms with Gasteiger partial charge in [0.1, 0.15) is 5.82 Å². The van der Waals surface area contributed by atoms with E-state index >= 15 is 0 Å². The van der Waals surface area contributed by atoms with Crippen molar-refractivity contribution in [3.8, 4) is 0 Å². The number of rotatable bonds is 0. The van der Waals surface area contributed by atoms with Crippen LogP contribution in [-0.2, 0) is 5.41 Å². The van der Waals surface area contributed by atoms with E-state index in [2.05, 4.69) is 0 Å². The van der Waals surface area contributed by atoms with Gasteiger partial charge >= 0.3 is 0 Å². The molecule has 1 aromatic carbocycles. The van der Waals surface area contributed by atoms with Crippen molar-refractivity contribution in [2.75, 3.05) is 0 Å². The summed E-state index contributed by atoms with van der Waals surface area (Å²) in [4.78, 5) is 0. The first-order valence-corrected chi connectivity index (χ1v) is 4.77. The number of halogens is 1. The molecule has 0 aromatic heterocycles. The lowest BCUT2D eigenvalue weighted by Gasteiger charge is -2.19. The summed E-state index contributed by atoms with van der Waals surface area (Å²) in [5.41, 5.74) is 0.686. The number of hydrogen-bond donors (Lipinski definition) is 0. The molecule has 0 N–H and O–H groups in total. The summed E-state index contributed by atoms with van der Waals surface area (Å²) in [6, 6.07) is 6.91. The van der Waals surface area contributed by atoms with E-state index in [4.69, 9.17) is 0 Å². The van der Waals surface area contributed by atoms with Gasteiger partial charge in [0.15, 0.2) is 0 Å². The van der Waals surface area contributed by atoms with Crippen molar-refractivity contribution in [1.82, 2.24) is 0 Å². The van der Waals surface area contributed by atoms with Crippen LogP contribution in [0.4, 0.5) is 4.39 Å². The summed E-state index contributed by atoms with van der Waals surface area (Å²) in [5.74, 6) is -0.111. The second-order valence-corrected chi connectivity index (χ2v) is 3.73. The third-order valence-corrected chi connectivity index (χ3v) is 1.68. The van der Waals surface area contributed by atoms with E-state index in [-0.39, 0.29) is 11.2 Å². The van der Waals surface area contributed by atoms with Crippen LogP contribution in [0.3, 0.4) is 0 Å². The van der Waals surface area contributed by atoms with Crippen molar-refractivity contribution in [2.45, 2.75) is 40.0 Å². The average Bonchev–Trinajstić information content (AvgIpc) is 2.07. The Hall–Kier alpha value is -0.850. The van der Waals surface area contributed by atoms with E-state index in [1.54, 1.807) is 6.07 Å². The summed E-state index contributed by atoms with van der Waals surface area (Å²) in [6.45, 7) is 10.0. The van der Waals surface area contributed by atoms with Gasteiger partial charge in [0.05, 0.1) is 0 Å². The SMILES string of the molecule is CC.CC(C)(C)c1ccccc1F. The Morgan fingerprint density at radius 3 is 1.77 bits per heavy atom. The van der Waals surface area contributed by atoms with Gasteiger partial charge in [-0.05, 0) is 17.0 Å². The molecule has 0 bridgehead atoms. The molecule has 0 aliphatic carbocycles. The molecule has 0 aliphatic heterocycles. The second-order valence-electron chi connectivity index (χ2n) is 3.73. The van der Waals surface area contributed by atoms with Crippen LogP contribution in [-0.4, -0.2) is 0 Å². The van der Waals surface area contributed by atoms with Crippen molar-refractivity contribution in [3.05, 3.63) is 35.6 Å². The summed E-state index contributed by atoms with van der Waals surface area (Å²) in [7, 11) is 0. The highest BCUT2D eigenvalue weighted by Crippen LogP contribution is 2.23. The van der Waals surface area contributed by atoms with Gasteiger partial charge in [-0.15, -0.1) is 0 Å². The molecule has 0 atom stereocenters. The Morgan fingerprint density at radius 2 is 1.46 bits per heavy atom. The predicted octanol–water partition coefficient (Wildman–Crippen LogP) is 4.15. The van der Waals surface area contributed by atoms with E-state index in [9.17, 15) is 4.39 Å². The highest BCUT2D eigenvalue weighted by molar-refractivity contribution is 5.24. The smallest absolute Gasteiger partial charge is 0.126 e. The lowest BCUT2D eigenvalue weighted by atomic mass is 9.87. The van der Waals surface area contributed by atoms with Crippen molar-refractivity contribution in [2.24, 2.45) is 0 Å². The summed E-state index contributed by atoms with van der Waals surface area (Å²) in [6.07, 6.45) is 0. The zero-order valence-electron chi connectivity index (χ0n) is 9.19. The van der Waals surface area contributed by atoms with Gasteiger partial charge in [0.25, 0.3) is 0 Å². The molecule has 0 spiro atoms. The summed E-state index contributed by atoms with van der Waals surface area (Å²) < 4.78 is 13.1. The molecule has 1 rings (SSSR count). The molecule has 0 radical (unpaired) electrons. The van der Waals surface area contributed by atoms with Crippen LogP contribution in [0.15, 0.2) is 24.3 Å². The van der Waals surface area contributed by atoms with E-state index < -0.39 is 0 Å². The molecule has 1 heteroatoms.